The van der Waals surface area contributed by atoms with Crippen LogP contribution >= 0.6 is 0 Å². The first kappa shape index (κ1) is 37.2. The number of rotatable bonds is 12. The highest BCUT2D eigenvalue weighted by Gasteiger charge is 2.13. The molecule has 5 aromatic rings. The van der Waals surface area contributed by atoms with E-state index >= 15 is 0 Å². The molecule has 0 aliphatic carbocycles. The number of non-ortho nitro benzene ring substituents is 2. The Hall–Kier alpha value is -8.02. The van der Waals surface area contributed by atoms with Crippen molar-refractivity contribution in [3.8, 4) is 0 Å². The van der Waals surface area contributed by atoms with Crippen molar-refractivity contribution < 1.29 is 29.0 Å². The van der Waals surface area contributed by atoms with Crippen molar-refractivity contribution in [2.75, 3.05) is 31.9 Å². The Morgan fingerprint density at radius 1 is 0.407 bits per heavy atom. The molecule has 0 atom stereocenters. The molecule has 54 heavy (non-hydrogen) atoms. The normalized spacial score (nSPS) is 10.2. The molecule has 0 heterocycles. The Morgan fingerprint density at radius 2 is 0.704 bits per heavy atom. The predicted octanol–water partition coefficient (Wildman–Crippen LogP) is 7.43. The second-order valence-electron chi connectivity index (χ2n) is 11.3. The van der Waals surface area contributed by atoms with E-state index in [2.05, 4.69) is 42.5 Å². The summed E-state index contributed by atoms with van der Waals surface area (Å²) in [6, 6.07) is 28.6. The van der Waals surface area contributed by atoms with Crippen LogP contribution in [0.15, 0.2) is 121 Å². The summed E-state index contributed by atoms with van der Waals surface area (Å²) in [5.41, 5.74) is 3.31. The van der Waals surface area contributed by atoms with Crippen molar-refractivity contribution >= 4 is 69.6 Å². The van der Waals surface area contributed by atoms with E-state index in [1.165, 1.54) is 48.5 Å². The molecule has 5 aromatic carbocycles. The number of urea groups is 4. The Bertz CT molecular complexity index is 2010. The van der Waals surface area contributed by atoms with Crippen LogP contribution in [-0.2, 0) is 13.1 Å². The van der Waals surface area contributed by atoms with E-state index in [0.29, 0.717) is 34.1 Å². The van der Waals surface area contributed by atoms with Gasteiger partial charge < -0.3 is 42.5 Å². The third-order valence-electron chi connectivity index (χ3n) is 7.45. The van der Waals surface area contributed by atoms with E-state index in [4.69, 9.17) is 0 Å². The summed E-state index contributed by atoms with van der Waals surface area (Å²) in [5.74, 6) is 0. The zero-order valence-electron chi connectivity index (χ0n) is 28.1. The van der Waals surface area contributed by atoms with E-state index in [1.807, 2.05) is 0 Å². The van der Waals surface area contributed by atoms with Gasteiger partial charge >= 0.3 is 24.1 Å². The van der Waals surface area contributed by atoms with Gasteiger partial charge in [0, 0.05) is 48.7 Å². The van der Waals surface area contributed by atoms with Gasteiger partial charge in [-0.25, -0.2) is 19.2 Å². The fraction of sp³-hybridized carbons (Fsp3) is 0.0556. The standard InChI is InChI=1S/C36H32N10O8/c47-33(41-29-5-1-3-7-31(29)43-35(49)39-25-13-17-27(18-14-25)45(51)52)37-21-23-9-11-24(12-10-23)22-38-34(48)42-30-6-2-4-8-32(30)44-36(50)40-26-15-19-28(20-16-26)46(53)54/h1-20H,21-22H2,(H2,37,41,47)(H2,38,42,48)(H2,39,43,49)(H2,40,44,50). The molecule has 0 bridgehead atoms. The molecule has 0 saturated carbocycles. The minimum Gasteiger partial charge on any atom is -0.334 e. The molecule has 0 aromatic heterocycles. The van der Waals surface area contributed by atoms with Crippen LogP contribution in [0.5, 0.6) is 0 Å². The zero-order valence-corrected chi connectivity index (χ0v) is 28.1. The van der Waals surface area contributed by atoms with E-state index < -0.39 is 34.0 Å². The van der Waals surface area contributed by atoms with Gasteiger partial charge in [-0.3, -0.25) is 20.2 Å². The lowest BCUT2D eigenvalue weighted by atomic mass is 10.1. The fourth-order valence-corrected chi connectivity index (χ4v) is 4.78. The highest BCUT2D eigenvalue weighted by atomic mass is 16.6. The monoisotopic (exact) mass is 732 g/mol. The summed E-state index contributed by atoms with van der Waals surface area (Å²) in [4.78, 5) is 71.0. The molecule has 0 saturated heterocycles. The third kappa shape index (κ3) is 11.0. The van der Waals surface area contributed by atoms with Crippen LogP contribution in [0.3, 0.4) is 0 Å². The Kier molecular flexibility index (Phi) is 12.3. The lowest BCUT2D eigenvalue weighted by Crippen LogP contribution is -2.29. The van der Waals surface area contributed by atoms with Gasteiger partial charge in [-0.2, -0.15) is 0 Å². The lowest BCUT2D eigenvalue weighted by molar-refractivity contribution is -0.385. The zero-order chi connectivity index (χ0) is 38.5. The number of carbonyl (C=O) groups is 4. The van der Waals surface area contributed by atoms with E-state index in [0.717, 1.165) is 11.1 Å². The predicted molar refractivity (Wildman–Crippen MR) is 203 cm³/mol. The van der Waals surface area contributed by atoms with Crippen LogP contribution < -0.4 is 42.5 Å². The highest BCUT2D eigenvalue weighted by molar-refractivity contribution is 6.04. The fourth-order valence-electron chi connectivity index (χ4n) is 4.78. The third-order valence-corrected chi connectivity index (χ3v) is 7.45. The molecule has 0 radical (unpaired) electrons. The van der Waals surface area contributed by atoms with Gasteiger partial charge in [0.25, 0.3) is 11.4 Å². The first-order valence-corrected chi connectivity index (χ1v) is 16.0. The van der Waals surface area contributed by atoms with Gasteiger partial charge in [0.2, 0.25) is 0 Å². The number of hydrogen-bond donors (Lipinski definition) is 8. The molecule has 274 valence electrons. The molecule has 8 amide bonds. The number of nitrogens with zero attached hydrogens (tertiary/aromatic N) is 2. The summed E-state index contributed by atoms with van der Waals surface area (Å²) in [6.07, 6.45) is 0. The number of nitro groups is 2. The van der Waals surface area contributed by atoms with Gasteiger partial charge in [-0.15, -0.1) is 0 Å². The average molecular weight is 733 g/mol. The quantitative estimate of drug-likeness (QED) is 0.0472. The van der Waals surface area contributed by atoms with Crippen molar-refractivity contribution in [1.82, 2.24) is 10.6 Å². The Balaban J connectivity index is 1.05. The van der Waals surface area contributed by atoms with Crippen LogP contribution in [0.4, 0.5) is 64.7 Å². The van der Waals surface area contributed by atoms with E-state index in [1.54, 1.807) is 72.8 Å². The molecule has 8 N–H and O–H groups in total. The number of anilines is 6. The van der Waals surface area contributed by atoms with Crippen molar-refractivity contribution in [3.63, 3.8) is 0 Å². The summed E-state index contributed by atoms with van der Waals surface area (Å²) < 4.78 is 0. The highest BCUT2D eigenvalue weighted by Crippen LogP contribution is 2.23. The van der Waals surface area contributed by atoms with Gasteiger partial charge in [-0.05, 0) is 59.7 Å². The molecule has 18 nitrogen and oxygen atoms in total. The molecule has 0 unspecified atom stereocenters. The van der Waals surface area contributed by atoms with E-state index in [9.17, 15) is 39.4 Å². The van der Waals surface area contributed by atoms with Crippen LogP contribution in [0.2, 0.25) is 0 Å². The maximum atomic E-state index is 12.7. The minimum absolute atomic E-state index is 0.112. The van der Waals surface area contributed by atoms with Crippen molar-refractivity contribution in [1.29, 1.82) is 0 Å². The minimum atomic E-state index is -0.616. The second kappa shape index (κ2) is 17.8. The summed E-state index contributed by atoms with van der Waals surface area (Å²) in [5, 5.41) is 43.0. The molecule has 0 aliphatic heterocycles. The Morgan fingerprint density at radius 3 is 1.00 bits per heavy atom. The van der Waals surface area contributed by atoms with Crippen LogP contribution in [-0.4, -0.2) is 34.0 Å². The second-order valence-corrected chi connectivity index (χ2v) is 11.3. The summed E-state index contributed by atoms with van der Waals surface area (Å²) >= 11 is 0. The number of amides is 8. The number of para-hydroxylation sites is 4. The van der Waals surface area contributed by atoms with Crippen LogP contribution in [0.25, 0.3) is 0 Å². The number of nitrogens with one attached hydrogen (secondary N) is 8. The molecular formula is C36H32N10O8. The van der Waals surface area contributed by atoms with Crippen molar-refractivity contribution in [2.45, 2.75) is 13.1 Å². The molecule has 0 spiro atoms. The number of hydrogen-bond acceptors (Lipinski definition) is 8. The number of nitro benzene ring substituents is 2. The average Bonchev–Trinajstić information content (AvgIpc) is 3.15. The number of carbonyl (C=O) groups excluding carboxylic acids is 4. The van der Waals surface area contributed by atoms with Crippen LogP contribution in [0.1, 0.15) is 11.1 Å². The molecule has 0 fully saturated rings. The first-order valence-electron chi connectivity index (χ1n) is 16.0. The summed E-state index contributed by atoms with van der Waals surface area (Å²) in [7, 11) is 0. The maximum Gasteiger partial charge on any atom is 0.323 e. The van der Waals surface area contributed by atoms with Gasteiger partial charge in [0.05, 0.1) is 32.6 Å². The largest absolute Gasteiger partial charge is 0.334 e. The molecular weight excluding hydrogens is 700 g/mol. The van der Waals surface area contributed by atoms with Crippen molar-refractivity contribution in [2.24, 2.45) is 0 Å². The van der Waals surface area contributed by atoms with Gasteiger partial charge in [0.1, 0.15) is 0 Å². The molecule has 0 aliphatic rings. The Labute approximate surface area is 306 Å². The van der Waals surface area contributed by atoms with Gasteiger partial charge in [-0.1, -0.05) is 48.5 Å². The maximum absolute atomic E-state index is 12.7. The SMILES string of the molecule is O=C(NCc1ccc(CNC(=O)Nc2ccccc2NC(=O)Nc2ccc([N+](=O)[O-])cc2)cc1)Nc1ccccc1NC(=O)Nc1ccc([N+](=O)[O-])cc1. The summed E-state index contributed by atoms with van der Waals surface area (Å²) in [6.45, 7) is 0.357. The van der Waals surface area contributed by atoms with Crippen molar-refractivity contribution in [3.05, 3.63) is 153 Å². The lowest BCUT2D eigenvalue weighted by Gasteiger charge is -2.14. The molecule has 18 heteroatoms. The first-order chi connectivity index (χ1) is 26.0. The number of benzene rings is 5. The van der Waals surface area contributed by atoms with Gasteiger partial charge in [0.15, 0.2) is 0 Å². The topological polar surface area (TPSA) is 251 Å². The smallest absolute Gasteiger partial charge is 0.323 e. The molecule has 5 rings (SSSR count). The van der Waals surface area contributed by atoms with Crippen LogP contribution in [0, 0.1) is 20.2 Å². The van der Waals surface area contributed by atoms with E-state index in [-0.39, 0.29) is 24.5 Å².